The number of ether oxygens (including phenoxy) is 1. The predicted octanol–water partition coefficient (Wildman–Crippen LogP) is 2.65. The molecule has 0 unspecified atom stereocenters. The number of fused-ring (bicyclic) bond motifs is 1. The summed E-state index contributed by atoms with van der Waals surface area (Å²) in [4.78, 5) is 5.72. The predicted molar refractivity (Wildman–Crippen MR) is 85.6 cm³/mol. The molecule has 2 heterocycles. The van der Waals surface area contributed by atoms with Crippen LogP contribution in [0.1, 0.15) is 18.4 Å². The maximum atomic E-state index is 8.91. The molecule has 2 aromatic rings. The quantitative estimate of drug-likeness (QED) is 0.888. The van der Waals surface area contributed by atoms with Crippen molar-refractivity contribution in [3.63, 3.8) is 0 Å². The summed E-state index contributed by atoms with van der Waals surface area (Å²) in [6.45, 7) is 3.27. The molecule has 3 rings (SSSR count). The minimum Gasteiger partial charge on any atom is -0.497 e. The lowest BCUT2D eigenvalue weighted by atomic mass is 9.98. The Bertz CT molecular complexity index is 645. The molecule has 1 aliphatic rings. The summed E-state index contributed by atoms with van der Waals surface area (Å²) in [7, 11) is 1.70. The van der Waals surface area contributed by atoms with Crippen molar-refractivity contribution in [1.82, 2.24) is 9.88 Å². The van der Waals surface area contributed by atoms with Gasteiger partial charge in [-0.2, -0.15) is 0 Å². The highest BCUT2D eigenvalue weighted by Gasteiger charge is 2.15. The second-order valence-corrected chi connectivity index (χ2v) is 5.47. The second-order valence-electron chi connectivity index (χ2n) is 5.47. The van der Waals surface area contributed by atoms with Crippen LogP contribution in [-0.4, -0.2) is 48.3 Å². The number of aromatic amines is 1. The van der Waals surface area contributed by atoms with E-state index in [-0.39, 0.29) is 6.61 Å². The first-order valence-electron chi connectivity index (χ1n) is 7.49. The topological polar surface area (TPSA) is 48.5 Å². The fraction of sp³-hybridized carbons (Fsp3) is 0.412. The van der Waals surface area contributed by atoms with Crippen molar-refractivity contribution in [2.45, 2.75) is 12.8 Å². The Balaban J connectivity index is 1.82. The molecular formula is C17H22N2O2. The molecule has 0 saturated carbocycles. The summed E-state index contributed by atoms with van der Waals surface area (Å²) in [5.74, 6) is 0.893. The molecule has 4 heteroatoms. The van der Waals surface area contributed by atoms with Gasteiger partial charge in [0.1, 0.15) is 5.75 Å². The molecule has 1 aromatic heterocycles. The van der Waals surface area contributed by atoms with E-state index in [1.807, 2.05) is 6.07 Å². The van der Waals surface area contributed by atoms with Gasteiger partial charge in [0.2, 0.25) is 0 Å². The van der Waals surface area contributed by atoms with Crippen LogP contribution in [0.15, 0.2) is 30.5 Å². The van der Waals surface area contributed by atoms with Crippen LogP contribution in [0.5, 0.6) is 5.75 Å². The Labute approximate surface area is 125 Å². The highest BCUT2D eigenvalue weighted by Crippen LogP contribution is 2.31. The van der Waals surface area contributed by atoms with E-state index >= 15 is 0 Å². The van der Waals surface area contributed by atoms with E-state index < -0.39 is 0 Å². The van der Waals surface area contributed by atoms with Gasteiger partial charge in [-0.25, -0.2) is 0 Å². The smallest absolute Gasteiger partial charge is 0.119 e. The Hall–Kier alpha value is -1.78. The number of hydrogen-bond acceptors (Lipinski definition) is 3. The molecule has 0 atom stereocenters. The van der Waals surface area contributed by atoms with Crippen LogP contribution >= 0.6 is 0 Å². The van der Waals surface area contributed by atoms with E-state index in [9.17, 15) is 0 Å². The number of benzene rings is 1. The fourth-order valence-electron chi connectivity index (χ4n) is 2.95. The van der Waals surface area contributed by atoms with Gasteiger partial charge in [0, 0.05) is 48.9 Å². The summed E-state index contributed by atoms with van der Waals surface area (Å²) in [6, 6.07) is 6.14. The minimum atomic E-state index is 0.273. The van der Waals surface area contributed by atoms with Gasteiger partial charge < -0.3 is 14.8 Å². The van der Waals surface area contributed by atoms with Crippen molar-refractivity contribution in [1.29, 1.82) is 0 Å². The van der Waals surface area contributed by atoms with Crippen LogP contribution < -0.4 is 4.74 Å². The van der Waals surface area contributed by atoms with Crippen LogP contribution in [0.2, 0.25) is 0 Å². The van der Waals surface area contributed by atoms with Crippen molar-refractivity contribution >= 4 is 16.5 Å². The van der Waals surface area contributed by atoms with Crippen molar-refractivity contribution < 1.29 is 9.84 Å². The number of methoxy groups -OCH3 is 1. The molecule has 1 aliphatic heterocycles. The maximum Gasteiger partial charge on any atom is 0.119 e. The first-order chi connectivity index (χ1) is 10.3. The fourth-order valence-corrected chi connectivity index (χ4v) is 2.95. The SMILES string of the molecule is COc1ccc2[nH]cc(C3=CCN(CCCO)CC3)c2c1. The molecule has 0 fully saturated rings. The Morgan fingerprint density at radius 2 is 2.29 bits per heavy atom. The van der Waals surface area contributed by atoms with E-state index in [0.717, 1.165) is 43.7 Å². The maximum absolute atomic E-state index is 8.91. The molecule has 0 amide bonds. The van der Waals surface area contributed by atoms with Crippen molar-refractivity contribution in [3.05, 3.63) is 36.0 Å². The third kappa shape index (κ3) is 2.96. The monoisotopic (exact) mass is 286 g/mol. The largest absolute Gasteiger partial charge is 0.497 e. The molecule has 21 heavy (non-hydrogen) atoms. The molecular weight excluding hydrogens is 264 g/mol. The van der Waals surface area contributed by atoms with Gasteiger partial charge in [-0.05, 0) is 36.6 Å². The minimum absolute atomic E-state index is 0.273. The zero-order valence-corrected chi connectivity index (χ0v) is 12.4. The molecule has 1 aromatic carbocycles. The number of nitrogens with one attached hydrogen (secondary N) is 1. The summed E-state index contributed by atoms with van der Waals surface area (Å²) >= 11 is 0. The molecule has 0 spiro atoms. The Kier molecular flexibility index (Phi) is 4.27. The lowest BCUT2D eigenvalue weighted by Crippen LogP contribution is -2.29. The molecule has 0 bridgehead atoms. The molecule has 0 saturated heterocycles. The lowest BCUT2D eigenvalue weighted by molar-refractivity contribution is 0.236. The third-order valence-electron chi connectivity index (χ3n) is 4.16. The van der Waals surface area contributed by atoms with Gasteiger partial charge in [-0.15, -0.1) is 0 Å². The Morgan fingerprint density at radius 1 is 1.38 bits per heavy atom. The van der Waals surface area contributed by atoms with E-state index in [4.69, 9.17) is 9.84 Å². The van der Waals surface area contributed by atoms with Crippen LogP contribution in [0.25, 0.3) is 16.5 Å². The molecule has 112 valence electrons. The van der Waals surface area contributed by atoms with Gasteiger partial charge >= 0.3 is 0 Å². The molecule has 0 aliphatic carbocycles. The highest BCUT2D eigenvalue weighted by atomic mass is 16.5. The van der Waals surface area contributed by atoms with Crippen molar-refractivity contribution in [2.75, 3.05) is 33.4 Å². The average Bonchev–Trinajstić information content (AvgIpc) is 2.96. The lowest BCUT2D eigenvalue weighted by Gasteiger charge is -2.25. The first-order valence-corrected chi connectivity index (χ1v) is 7.49. The number of H-pyrrole nitrogens is 1. The van der Waals surface area contributed by atoms with Crippen LogP contribution in [0.4, 0.5) is 0 Å². The van der Waals surface area contributed by atoms with E-state index in [2.05, 4.69) is 34.3 Å². The molecule has 4 nitrogen and oxygen atoms in total. The number of aromatic nitrogens is 1. The van der Waals surface area contributed by atoms with Gasteiger partial charge in [0.15, 0.2) is 0 Å². The zero-order chi connectivity index (χ0) is 14.7. The first kappa shape index (κ1) is 14.2. The van der Waals surface area contributed by atoms with E-state index in [1.165, 1.54) is 16.5 Å². The zero-order valence-electron chi connectivity index (χ0n) is 12.4. The van der Waals surface area contributed by atoms with Crippen molar-refractivity contribution in [2.24, 2.45) is 0 Å². The molecule has 0 radical (unpaired) electrons. The Morgan fingerprint density at radius 3 is 3.00 bits per heavy atom. The number of hydrogen-bond donors (Lipinski definition) is 2. The number of rotatable bonds is 5. The highest BCUT2D eigenvalue weighted by molar-refractivity contribution is 5.93. The average molecular weight is 286 g/mol. The van der Waals surface area contributed by atoms with Crippen LogP contribution in [0, 0.1) is 0 Å². The molecule has 2 N–H and O–H groups in total. The summed E-state index contributed by atoms with van der Waals surface area (Å²) < 4.78 is 5.33. The van der Waals surface area contributed by atoms with Gasteiger partial charge in [-0.3, -0.25) is 4.90 Å². The van der Waals surface area contributed by atoms with Gasteiger partial charge in [0.05, 0.1) is 7.11 Å². The van der Waals surface area contributed by atoms with Gasteiger partial charge in [0.25, 0.3) is 0 Å². The number of nitrogens with zero attached hydrogens (tertiary/aromatic N) is 1. The third-order valence-corrected chi connectivity index (χ3v) is 4.16. The number of aliphatic hydroxyl groups excluding tert-OH is 1. The standard InChI is InChI=1S/C17H22N2O2/c1-21-14-3-4-17-15(11-14)16(12-18-17)13-5-8-19(9-6-13)7-2-10-20/h3-5,11-12,18,20H,2,6-10H2,1H3. The van der Waals surface area contributed by atoms with Crippen LogP contribution in [-0.2, 0) is 0 Å². The number of aliphatic hydroxyl groups is 1. The summed E-state index contributed by atoms with van der Waals surface area (Å²) in [6.07, 6.45) is 6.31. The van der Waals surface area contributed by atoms with Crippen LogP contribution in [0.3, 0.4) is 0 Å². The second kappa shape index (κ2) is 6.33. The normalized spacial score (nSPS) is 16.2. The van der Waals surface area contributed by atoms with E-state index in [1.54, 1.807) is 7.11 Å². The van der Waals surface area contributed by atoms with Crippen molar-refractivity contribution in [3.8, 4) is 5.75 Å². The summed E-state index contributed by atoms with van der Waals surface area (Å²) in [5.41, 5.74) is 3.83. The van der Waals surface area contributed by atoms with E-state index in [0.29, 0.717) is 0 Å². The summed E-state index contributed by atoms with van der Waals surface area (Å²) in [5, 5.41) is 10.1. The van der Waals surface area contributed by atoms with Gasteiger partial charge in [-0.1, -0.05) is 6.08 Å².